The molecule has 20 nitrogen and oxygen atoms in total. The van der Waals surface area contributed by atoms with Gasteiger partial charge in [-0.2, -0.15) is 0 Å². The maximum absolute atomic E-state index is 11.8. The minimum Gasteiger partial charge on any atom is -0.396 e. The fourth-order valence-electron chi connectivity index (χ4n) is 3.74. The van der Waals surface area contributed by atoms with Crippen molar-refractivity contribution in [1.29, 1.82) is 0 Å². The van der Waals surface area contributed by atoms with Gasteiger partial charge in [0.15, 0.2) is 6.10 Å². The van der Waals surface area contributed by atoms with E-state index in [1.165, 1.54) is 6.92 Å². The van der Waals surface area contributed by atoms with Crippen LogP contribution in [0, 0.1) is 0 Å². The highest BCUT2D eigenvalue weighted by molar-refractivity contribution is 5.81. The average molecular weight is 732 g/mol. The number of amides is 4. The van der Waals surface area contributed by atoms with E-state index >= 15 is 0 Å². The van der Waals surface area contributed by atoms with Gasteiger partial charge >= 0.3 is 0 Å². The largest absolute Gasteiger partial charge is 0.396 e. The molecule has 0 saturated heterocycles. The van der Waals surface area contributed by atoms with E-state index in [-0.39, 0.29) is 38.3 Å². The molecular weight excluding hydrogens is 670 g/mol. The highest BCUT2D eigenvalue weighted by Crippen LogP contribution is 2.06. The summed E-state index contributed by atoms with van der Waals surface area (Å²) in [5.74, 6) is -1.50. The zero-order chi connectivity index (χ0) is 38.2. The summed E-state index contributed by atoms with van der Waals surface area (Å²) in [4.78, 5) is 44.8. The van der Waals surface area contributed by atoms with Crippen LogP contribution in [0.5, 0.6) is 0 Å². The second-order valence-electron chi connectivity index (χ2n) is 11.1. The highest BCUT2D eigenvalue weighted by Gasteiger charge is 2.30. The van der Waals surface area contributed by atoms with Gasteiger partial charge in [0, 0.05) is 45.8 Å². The second-order valence-corrected chi connectivity index (χ2v) is 11.1. The number of nitrogens with one attached hydrogen (secondary N) is 4. The average Bonchev–Trinajstić information content (AvgIpc) is 3.08. The van der Waals surface area contributed by atoms with Gasteiger partial charge in [0.1, 0.15) is 12.2 Å². The fourth-order valence-corrected chi connectivity index (χ4v) is 3.74. The van der Waals surface area contributed by atoms with Gasteiger partial charge in [0.05, 0.1) is 70.5 Å². The van der Waals surface area contributed by atoms with E-state index < -0.39 is 61.1 Å². The Morgan fingerprint density at radius 2 is 1.34 bits per heavy atom. The number of rotatable bonds is 31. The Hall–Kier alpha value is -2.60. The van der Waals surface area contributed by atoms with Crippen molar-refractivity contribution in [3.05, 3.63) is 0 Å². The van der Waals surface area contributed by atoms with Crippen LogP contribution in [0.1, 0.15) is 45.4 Å². The topological polar surface area (TPSA) is 332 Å². The summed E-state index contributed by atoms with van der Waals surface area (Å²) < 4.78 is 15.5. The lowest BCUT2D eigenvalue weighted by molar-refractivity contribution is -0.141. The Balaban J connectivity index is 0. The lowest BCUT2D eigenvalue weighted by atomic mass is 10.0. The summed E-state index contributed by atoms with van der Waals surface area (Å²) in [5, 5.41) is 85.0. The van der Waals surface area contributed by atoms with Gasteiger partial charge < -0.3 is 82.1 Å². The summed E-state index contributed by atoms with van der Waals surface area (Å²) in [6.07, 6.45) is -7.70. The van der Waals surface area contributed by atoms with E-state index in [1.807, 2.05) is 0 Å². The van der Waals surface area contributed by atoms with Crippen LogP contribution in [0.25, 0.3) is 0 Å². The van der Waals surface area contributed by atoms with E-state index in [9.17, 15) is 49.8 Å². The van der Waals surface area contributed by atoms with Crippen molar-refractivity contribution >= 4 is 24.1 Å². The summed E-state index contributed by atoms with van der Waals surface area (Å²) >= 11 is 0. The van der Waals surface area contributed by atoms with Crippen molar-refractivity contribution in [2.45, 2.75) is 88.2 Å². The Labute approximate surface area is 292 Å². The number of aliphatic hydroxyl groups excluding tert-OH is 8. The van der Waals surface area contributed by atoms with Gasteiger partial charge in [-0.05, 0) is 32.6 Å². The van der Waals surface area contributed by atoms with Crippen LogP contribution in [-0.2, 0) is 33.4 Å². The van der Waals surface area contributed by atoms with Crippen LogP contribution in [-0.4, -0.2) is 187 Å². The minimum absolute atomic E-state index is 0.139. The summed E-state index contributed by atoms with van der Waals surface area (Å²) in [5.41, 5.74) is 5.20. The number of unbranched alkanes of at least 4 members (excludes halogenated alkanes) is 1. The molecule has 7 unspecified atom stereocenters. The van der Waals surface area contributed by atoms with Crippen LogP contribution in [0.2, 0.25) is 0 Å². The second kappa shape index (κ2) is 33.5. The Bertz CT molecular complexity index is 862. The predicted octanol–water partition coefficient (Wildman–Crippen LogP) is -6.05. The SMILES string of the molecule is CC(O)C(O)C(O)CC(=O)NCCOCCN.O=CNCCOCCOCCC(=O)NCCCCC(O)CNC(=O)C(O)C(O)C(O)CCO. The summed E-state index contributed by atoms with van der Waals surface area (Å²) in [6.45, 7) is 4.55. The fraction of sp³-hybridized carbons (Fsp3) is 0.867. The first kappa shape index (κ1) is 49.5. The molecule has 0 aliphatic rings. The van der Waals surface area contributed by atoms with Crippen molar-refractivity contribution in [3.8, 4) is 0 Å². The van der Waals surface area contributed by atoms with E-state index in [2.05, 4.69) is 21.3 Å². The smallest absolute Gasteiger partial charge is 0.251 e. The lowest BCUT2D eigenvalue weighted by Crippen LogP contribution is -2.48. The molecule has 0 fully saturated rings. The molecule has 0 aliphatic carbocycles. The number of carbonyl (C=O) groups excluding carboxylic acids is 4. The monoisotopic (exact) mass is 731 g/mol. The van der Waals surface area contributed by atoms with E-state index in [1.54, 1.807) is 0 Å². The number of aliphatic hydroxyl groups is 8. The molecule has 0 aromatic carbocycles. The molecule has 7 atom stereocenters. The molecule has 14 N–H and O–H groups in total. The lowest BCUT2D eigenvalue weighted by Gasteiger charge is -2.22. The standard InChI is InChI=1S/C20H39N3O10.C10H22N2O5/c24-8-4-16(27)18(29)19(30)20(31)23-13-15(26)3-1-2-6-22-17(28)5-9-32-11-12-33-10-7-21-14-25;1-7(13)10(16)8(14)6-9(15)12-3-5-17-4-2-11/h14-16,18-19,24,26-27,29-30H,1-13H2,(H,21,25)(H,22,28)(H,23,31);7-8,10,13-14,16H,2-6,11H2,1H3,(H,12,15). The van der Waals surface area contributed by atoms with Gasteiger partial charge in [0.2, 0.25) is 18.2 Å². The number of hydrogen-bond donors (Lipinski definition) is 13. The molecule has 0 spiro atoms. The van der Waals surface area contributed by atoms with Gasteiger partial charge in [-0.15, -0.1) is 0 Å². The maximum Gasteiger partial charge on any atom is 0.251 e. The molecule has 0 aromatic rings. The normalized spacial score (nSPS) is 15.2. The minimum atomic E-state index is -1.88. The van der Waals surface area contributed by atoms with Crippen LogP contribution in [0.4, 0.5) is 0 Å². The first-order chi connectivity index (χ1) is 23.8. The van der Waals surface area contributed by atoms with Crippen molar-refractivity contribution in [1.82, 2.24) is 21.3 Å². The molecule has 0 saturated carbocycles. The molecule has 296 valence electrons. The van der Waals surface area contributed by atoms with Crippen molar-refractivity contribution < 1.29 is 74.2 Å². The molecule has 20 heteroatoms. The molecule has 0 radical (unpaired) electrons. The maximum atomic E-state index is 11.8. The van der Waals surface area contributed by atoms with Crippen molar-refractivity contribution in [2.24, 2.45) is 5.73 Å². The van der Waals surface area contributed by atoms with Gasteiger partial charge in [-0.1, -0.05) is 0 Å². The Morgan fingerprint density at radius 3 is 1.96 bits per heavy atom. The van der Waals surface area contributed by atoms with Gasteiger partial charge in [-0.25, -0.2) is 0 Å². The van der Waals surface area contributed by atoms with E-state index in [0.717, 1.165) is 0 Å². The number of nitrogens with two attached hydrogens (primary N) is 1. The third-order valence-corrected chi connectivity index (χ3v) is 6.64. The first-order valence-corrected chi connectivity index (χ1v) is 16.6. The molecular formula is C30H61N5O15. The number of hydrogen-bond acceptors (Lipinski definition) is 16. The molecule has 0 heterocycles. The molecule has 4 amide bonds. The third-order valence-electron chi connectivity index (χ3n) is 6.64. The van der Waals surface area contributed by atoms with Crippen LogP contribution in [0.3, 0.4) is 0 Å². The molecule has 0 aliphatic heterocycles. The summed E-state index contributed by atoms with van der Waals surface area (Å²) in [6, 6.07) is 0. The van der Waals surface area contributed by atoms with Crippen LogP contribution in [0.15, 0.2) is 0 Å². The quantitative estimate of drug-likeness (QED) is 0.0233. The summed E-state index contributed by atoms with van der Waals surface area (Å²) in [7, 11) is 0. The van der Waals surface area contributed by atoms with Crippen molar-refractivity contribution in [3.63, 3.8) is 0 Å². The number of ether oxygens (including phenoxy) is 3. The molecule has 0 rings (SSSR count). The zero-order valence-corrected chi connectivity index (χ0v) is 28.9. The third kappa shape index (κ3) is 29.2. The van der Waals surface area contributed by atoms with Crippen LogP contribution >= 0.6 is 0 Å². The van der Waals surface area contributed by atoms with E-state index in [0.29, 0.717) is 84.9 Å². The van der Waals surface area contributed by atoms with Gasteiger partial charge in [-0.3, -0.25) is 19.2 Å². The highest BCUT2D eigenvalue weighted by atomic mass is 16.5. The Morgan fingerprint density at radius 1 is 0.720 bits per heavy atom. The first-order valence-electron chi connectivity index (χ1n) is 16.6. The van der Waals surface area contributed by atoms with Crippen molar-refractivity contribution in [2.75, 3.05) is 79.0 Å². The molecule has 0 bridgehead atoms. The zero-order valence-electron chi connectivity index (χ0n) is 28.9. The predicted molar refractivity (Wildman–Crippen MR) is 177 cm³/mol. The molecule has 50 heavy (non-hydrogen) atoms. The molecule has 0 aromatic heterocycles. The Kier molecular flexibility index (Phi) is 33.2. The van der Waals surface area contributed by atoms with Gasteiger partial charge in [0.25, 0.3) is 5.91 Å². The van der Waals surface area contributed by atoms with Crippen LogP contribution < -0.4 is 27.0 Å². The van der Waals surface area contributed by atoms with E-state index in [4.69, 9.17) is 30.2 Å². The number of carbonyl (C=O) groups is 4.